The van der Waals surface area contributed by atoms with E-state index in [0.29, 0.717) is 5.92 Å². The third-order valence-corrected chi connectivity index (χ3v) is 11.0. The third kappa shape index (κ3) is 4.18. The summed E-state index contributed by atoms with van der Waals surface area (Å²) in [7, 11) is 0. The van der Waals surface area contributed by atoms with Crippen molar-refractivity contribution in [3.63, 3.8) is 0 Å². The molecule has 0 aliphatic rings. The summed E-state index contributed by atoms with van der Waals surface area (Å²) in [6, 6.07) is 13.9. The lowest BCUT2D eigenvalue weighted by Gasteiger charge is -2.15. The second kappa shape index (κ2) is 7.81. The molecule has 152 valence electrons. The molecule has 0 atom stereocenters. The Labute approximate surface area is 190 Å². The Morgan fingerprint density at radius 1 is 0.655 bits per heavy atom. The van der Waals surface area contributed by atoms with E-state index in [0.717, 1.165) is 0 Å². The Bertz CT molecular complexity index is 1140. The van der Waals surface area contributed by atoms with Crippen LogP contribution in [0.5, 0.6) is 0 Å². The number of rotatable bonds is 4. The highest BCUT2D eigenvalue weighted by atomic mass is 32.1. The quantitative estimate of drug-likeness (QED) is 0.286. The summed E-state index contributed by atoms with van der Waals surface area (Å²) < 4.78 is 0. The van der Waals surface area contributed by atoms with Crippen molar-refractivity contribution >= 4 is 45.3 Å². The van der Waals surface area contributed by atoms with Gasteiger partial charge >= 0.3 is 0 Å². The largest absolute Gasteiger partial charge is 0.139 e. The molecular formula is C25H28S4. The smallest absolute Gasteiger partial charge is 0.0475 e. The molecule has 0 amide bonds. The summed E-state index contributed by atoms with van der Waals surface area (Å²) >= 11 is 7.76. The minimum Gasteiger partial charge on any atom is -0.139 e. The van der Waals surface area contributed by atoms with Crippen LogP contribution in [0, 0.1) is 13.8 Å². The van der Waals surface area contributed by atoms with Crippen molar-refractivity contribution in [1.29, 1.82) is 0 Å². The van der Waals surface area contributed by atoms with Crippen LogP contribution < -0.4 is 0 Å². The van der Waals surface area contributed by atoms with Gasteiger partial charge in [0.1, 0.15) is 0 Å². The van der Waals surface area contributed by atoms with Crippen LogP contribution in [0.4, 0.5) is 0 Å². The van der Waals surface area contributed by atoms with Gasteiger partial charge < -0.3 is 0 Å². The molecule has 0 bridgehead atoms. The van der Waals surface area contributed by atoms with Crippen molar-refractivity contribution in [2.24, 2.45) is 0 Å². The third-order valence-electron chi connectivity index (χ3n) is 5.07. The Kier molecular flexibility index (Phi) is 5.67. The van der Waals surface area contributed by atoms with Crippen LogP contribution in [-0.4, -0.2) is 0 Å². The van der Waals surface area contributed by atoms with E-state index >= 15 is 0 Å². The Hall–Kier alpha value is -1.20. The monoisotopic (exact) mass is 456 g/mol. The SMILES string of the molecule is Cc1cc(C(C)C)sc1-c1ccc(-c2ccc(-c3sc(C(C)(C)C)cc3C)s2)s1. The normalized spacial score (nSPS) is 12.3. The van der Waals surface area contributed by atoms with Crippen molar-refractivity contribution < 1.29 is 0 Å². The maximum Gasteiger partial charge on any atom is 0.0475 e. The van der Waals surface area contributed by atoms with Gasteiger partial charge in [0.05, 0.1) is 0 Å². The van der Waals surface area contributed by atoms with Gasteiger partial charge in [-0.2, -0.15) is 0 Å². The lowest BCUT2D eigenvalue weighted by molar-refractivity contribution is 0.603. The zero-order chi connectivity index (χ0) is 20.9. The van der Waals surface area contributed by atoms with Gasteiger partial charge in [-0.3, -0.25) is 0 Å². The first-order chi connectivity index (χ1) is 13.6. The maximum absolute atomic E-state index is 2.37. The average Bonchev–Trinajstić information content (AvgIpc) is 3.38. The summed E-state index contributed by atoms with van der Waals surface area (Å²) in [5.74, 6) is 0.596. The van der Waals surface area contributed by atoms with Crippen LogP contribution in [-0.2, 0) is 5.41 Å². The second-order valence-corrected chi connectivity index (χ2v) is 13.3. The highest BCUT2D eigenvalue weighted by Gasteiger charge is 2.20. The van der Waals surface area contributed by atoms with Gasteiger partial charge in [0, 0.05) is 39.0 Å². The van der Waals surface area contributed by atoms with Crippen molar-refractivity contribution in [2.45, 2.75) is 59.8 Å². The average molecular weight is 457 g/mol. The molecule has 0 unspecified atom stereocenters. The van der Waals surface area contributed by atoms with E-state index in [1.54, 1.807) is 0 Å². The lowest BCUT2D eigenvalue weighted by Crippen LogP contribution is -2.07. The molecule has 0 fully saturated rings. The molecule has 0 saturated heterocycles. The molecule has 0 aliphatic carbocycles. The van der Waals surface area contributed by atoms with E-state index in [4.69, 9.17) is 0 Å². The summed E-state index contributed by atoms with van der Waals surface area (Å²) in [6.45, 7) is 15.9. The van der Waals surface area contributed by atoms with Crippen LogP contribution in [0.2, 0.25) is 0 Å². The van der Waals surface area contributed by atoms with Gasteiger partial charge in [-0.25, -0.2) is 0 Å². The first kappa shape index (κ1) is 21.0. The Morgan fingerprint density at radius 2 is 1.14 bits per heavy atom. The fraction of sp³-hybridized carbons (Fsp3) is 0.360. The summed E-state index contributed by atoms with van der Waals surface area (Å²) in [5.41, 5.74) is 3.02. The fourth-order valence-electron chi connectivity index (χ4n) is 3.32. The van der Waals surface area contributed by atoms with E-state index in [2.05, 4.69) is 84.9 Å². The molecule has 29 heavy (non-hydrogen) atoms. The van der Waals surface area contributed by atoms with E-state index in [-0.39, 0.29) is 5.41 Å². The van der Waals surface area contributed by atoms with Gasteiger partial charge in [0.2, 0.25) is 0 Å². The molecule has 0 saturated carbocycles. The molecule has 0 nitrogen and oxygen atoms in total. The fourth-order valence-corrected chi connectivity index (χ4v) is 8.18. The summed E-state index contributed by atoms with van der Waals surface area (Å²) in [4.78, 5) is 11.3. The molecule has 4 aromatic rings. The van der Waals surface area contributed by atoms with E-state index < -0.39 is 0 Å². The number of hydrogen-bond donors (Lipinski definition) is 0. The molecule has 4 heteroatoms. The maximum atomic E-state index is 2.37. The van der Waals surface area contributed by atoms with Gasteiger partial charge in [-0.15, -0.1) is 45.3 Å². The summed E-state index contributed by atoms with van der Waals surface area (Å²) in [5, 5.41) is 0. The van der Waals surface area contributed by atoms with Crippen molar-refractivity contribution in [3.8, 4) is 29.3 Å². The topological polar surface area (TPSA) is 0 Å². The first-order valence-electron chi connectivity index (χ1n) is 10.1. The first-order valence-corrected chi connectivity index (χ1v) is 13.3. The van der Waals surface area contributed by atoms with Gasteiger partial charge in [-0.1, -0.05) is 34.6 Å². The highest BCUT2D eigenvalue weighted by Crippen LogP contribution is 2.46. The number of thiophene rings is 4. The van der Waals surface area contributed by atoms with E-state index in [1.807, 2.05) is 45.3 Å². The Balaban J connectivity index is 1.64. The predicted octanol–water partition coefficient (Wildman–Crippen LogP) is 9.97. The van der Waals surface area contributed by atoms with Crippen molar-refractivity contribution in [3.05, 3.63) is 57.3 Å². The minimum absolute atomic E-state index is 0.212. The number of hydrogen-bond acceptors (Lipinski definition) is 4. The van der Waals surface area contributed by atoms with Crippen LogP contribution in [0.3, 0.4) is 0 Å². The van der Waals surface area contributed by atoms with Crippen LogP contribution >= 0.6 is 45.3 Å². The molecule has 0 spiro atoms. The van der Waals surface area contributed by atoms with Crippen LogP contribution in [0.15, 0.2) is 36.4 Å². The molecule has 0 aromatic carbocycles. The van der Waals surface area contributed by atoms with E-state index in [1.165, 1.54) is 50.1 Å². The lowest BCUT2D eigenvalue weighted by atomic mass is 9.94. The predicted molar refractivity (Wildman–Crippen MR) is 137 cm³/mol. The van der Waals surface area contributed by atoms with Crippen LogP contribution in [0.1, 0.15) is 61.4 Å². The zero-order valence-corrected chi connectivity index (χ0v) is 21.4. The zero-order valence-electron chi connectivity index (χ0n) is 18.2. The standard InChI is InChI=1S/C25H28S4/c1-14(2)21-12-15(3)23(28-21)19-10-8-17(26-19)18-9-11-20(27-18)24-16(4)13-22(29-24)25(5,6)7/h8-14H,1-7H3. The second-order valence-electron chi connectivity index (χ2n) is 9.02. The molecule has 0 radical (unpaired) electrons. The molecule has 4 aromatic heterocycles. The van der Waals surface area contributed by atoms with Crippen LogP contribution in [0.25, 0.3) is 29.3 Å². The number of aryl methyl sites for hydroxylation is 2. The molecule has 4 heterocycles. The Morgan fingerprint density at radius 3 is 1.59 bits per heavy atom. The van der Waals surface area contributed by atoms with E-state index in [9.17, 15) is 0 Å². The van der Waals surface area contributed by atoms with Gasteiger partial charge in [0.25, 0.3) is 0 Å². The van der Waals surface area contributed by atoms with Gasteiger partial charge in [0.15, 0.2) is 0 Å². The minimum atomic E-state index is 0.212. The highest BCUT2D eigenvalue weighted by molar-refractivity contribution is 7.28. The van der Waals surface area contributed by atoms with Crippen molar-refractivity contribution in [2.75, 3.05) is 0 Å². The molecular weight excluding hydrogens is 429 g/mol. The molecule has 0 aliphatic heterocycles. The molecule has 0 N–H and O–H groups in total. The van der Waals surface area contributed by atoms with Crippen molar-refractivity contribution in [1.82, 2.24) is 0 Å². The van der Waals surface area contributed by atoms with Gasteiger partial charge in [-0.05, 0) is 72.7 Å². The molecule has 4 rings (SSSR count). The summed E-state index contributed by atoms with van der Waals surface area (Å²) in [6.07, 6.45) is 0.